The molecule has 1 atom stereocenters. The van der Waals surface area contributed by atoms with E-state index in [0.29, 0.717) is 6.04 Å². The minimum absolute atomic E-state index is 0.177. The van der Waals surface area contributed by atoms with E-state index in [1.165, 1.54) is 0 Å². The Hall–Kier alpha value is -0.610. The first kappa shape index (κ1) is 16.4. The van der Waals surface area contributed by atoms with Gasteiger partial charge in [0.1, 0.15) is 0 Å². The zero-order valence-corrected chi connectivity index (χ0v) is 12.0. The van der Waals surface area contributed by atoms with Crippen LogP contribution in [0.3, 0.4) is 0 Å². The van der Waals surface area contributed by atoms with E-state index in [9.17, 15) is 0 Å². The fourth-order valence-electron chi connectivity index (χ4n) is 1.90. The SMILES string of the molecule is CCN(CCCC(C)(C)C(=N)N)C(C)COC. The van der Waals surface area contributed by atoms with Crippen LogP contribution in [0.15, 0.2) is 0 Å². The molecule has 3 N–H and O–H groups in total. The van der Waals surface area contributed by atoms with Crippen molar-refractivity contribution in [3.05, 3.63) is 0 Å². The van der Waals surface area contributed by atoms with Gasteiger partial charge in [0, 0.05) is 18.6 Å². The summed E-state index contributed by atoms with van der Waals surface area (Å²) in [5.41, 5.74) is 5.40. The Labute approximate surface area is 106 Å². The van der Waals surface area contributed by atoms with Gasteiger partial charge in [0.25, 0.3) is 0 Å². The topological polar surface area (TPSA) is 62.3 Å². The molecule has 17 heavy (non-hydrogen) atoms. The average molecular weight is 243 g/mol. The van der Waals surface area contributed by atoms with Crippen LogP contribution in [0.5, 0.6) is 0 Å². The number of hydrogen-bond donors (Lipinski definition) is 2. The van der Waals surface area contributed by atoms with Gasteiger partial charge in [-0.15, -0.1) is 0 Å². The highest BCUT2D eigenvalue weighted by Crippen LogP contribution is 2.22. The number of rotatable bonds is 9. The molecule has 0 aromatic rings. The molecular weight excluding hydrogens is 214 g/mol. The maximum Gasteiger partial charge on any atom is 0.0963 e. The third kappa shape index (κ3) is 6.03. The second-order valence-corrected chi connectivity index (χ2v) is 5.33. The molecular formula is C13H29N3O. The van der Waals surface area contributed by atoms with Gasteiger partial charge in [-0.2, -0.15) is 0 Å². The summed E-state index contributed by atoms with van der Waals surface area (Å²) in [4.78, 5) is 2.40. The average Bonchev–Trinajstić information content (AvgIpc) is 2.24. The predicted octanol–water partition coefficient (Wildman–Crippen LogP) is 2.09. The van der Waals surface area contributed by atoms with Crippen molar-refractivity contribution >= 4 is 5.84 Å². The summed E-state index contributed by atoms with van der Waals surface area (Å²) in [6, 6.07) is 0.449. The van der Waals surface area contributed by atoms with E-state index < -0.39 is 0 Å². The van der Waals surface area contributed by atoms with E-state index in [0.717, 1.165) is 32.5 Å². The first-order valence-electron chi connectivity index (χ1n) is 6.42. The lowest BCUT2D eigenvalue weighted by molar-refractivity contribution is 0.100. The smallest absolute Gasteiger partial charge is 0.0963 e. The maximum absolute atomic E-state index is 7.52. The van der Waals surface area contributed by atoms with Crippen LogP contribution in [0.25, 0.3) is 0 Å². The van der Waals surface area contributed by atoms with Gasteiger partial charge in [-0.3, -0.25) is 10.3 Å². The molecule has 0 rings (SSSR count). The third-order valence-corrected chi connectivity index (χ3v) is 3.41. The first-order chi connectivity index (χ1) is 7.85. The molecule has 4 heteroatoms. The molecule has 0 aliphatic rings. The molecule has 0 saturated heterocycles. The van der Waals surface area contributed by atoms with E-state index in [4.69, 9.17) is 15.9 Å². The van der Waals surface area contributed by atoms with Gasteiger partial charge in [-0.1, -0.05) is 20.8 Å². The molecule has 0 heterocycles. The summed E-state index contributed by atoms with van der Waals surface area (Å²) < 4.78 is 5.18. The fourth-order valence-corrected chi connectivity index (χ4v) is 1.90. The molecule has 0 aromatic carbocycles. The maximum atomic E-state index is 7.52. The molecule has 0 amide bonds. The number of hydrogen-bond acceptors (Lipinski definition) is 3. The largest absolute Gasteiger partial charge is 0.387 e. The quantitative estimate of drug-likeness (QED) is 0.481. The molecule has 0 radical (unpaired) electrons. The number of methoxy groups -OCH3 is 1. The molecule has 0 saturated carbocycles. The van der Waals surface area contributed by atoms with Crippen molar-refractivity contribution in [3.63, 3.8) is 0 Å². The van der Waals surface area contributed by atoms with Crippen molar-refractivity contribution in [2.45, 2.75) is 46.6 Å². The highest BCUT2D eigenvalue weighted by Gasteiger charge is 2.21. The zero-order chi connectivity index (χ0) is 13.5. The van der Waals surface area contributed by atoms with E-state index in [1.807, 2.05) is 13.8 Å². The van der Waals surface area contributed by atoms with Gasteiger partial charge in [-0.05, 0) is 32.9 Å². The molecule has 0 aliphatic carbocycles. The summed E-state index contributed by atoms with van der Waals surface area (Å²) in [7, 11) is 1.74. The Bertz CT molecular complexity index is 229. The normalized spacial score (nSPS) is 14.0. The van der Waals surface area contributed by atoms with E-state index in [-0.39, 0.29) is 11.3 Å². The van der Waals surface area contributed by atoms with Crippen LogP contribution in [0.2, 0.25) is 0 Å². The van der Waals surface area contributed by atoms with Gasteiger partial charge in [0.2, 0.25) is 0 Å². The zero-order valence-electron chi connectivity index (χ0n) is 12.0. The molecule has 0 bridgehead atoms. The lowest BCUT2D eigenvalue weighted by atomic mass is 9.86. The number of ether oxygens (including phenoxy) is 1. The summed E-state index contributed by atoms with van der Waals surface area (Å²) >= 11 is 0. The molecule has 4 nitrogen and oxygen atoms in total. The molecule has 0 aromatic heterocycles. The van der Waals surface area contributed by atoms with Crippen LogP contribution in [0.1, 0.15) is 40.5 Å². The Balaban J connectivity index is 4.04. The van der Waals surface area contributed by atoms with Crippen molar-refractivity contribution in [2.75, 3.05) is 26.8 Å². The van der Waals surface area contributed by atoms with Gasteiger partial charge in [0.05, 0.1) is 12.4 Å². The van der Waals surface area contributed by atoms with Crippen molar-refractivity contribution < 1.29 is 4.74 Å². The number of nitrogens with two attached hydrogens (primary N) is 1. The first-order valence-corrected chi connectivity index (χ1v) is 6.42. The number of nitrogens with one attached hydrogen (secondary N) is 1. The Morgan fingerprint density at radius 2 is 2.06 bits per heavy atom. The van der Waals surface area contributed by atoms with Crippen LogP contribution in [-0.4, -0.2) is 43.6 Å². The molecule has 1 unspecified atom stereocenters. The van der Waals surface area contributed by atoms with Crippen molar-refractivity contribution in [1.82, 2.24) is 4.90 Å². The van der Waals surface area contributed by atoms with E-state index in [1.54, 1.807) is 7.11 Å². The van der Waals surface area contributed by atoms with Crippen LogP contribution < -0.4 is 5.73 Å². The highest BCUT2D eigenvalue weighted by molar-refractivity contribution is 5.82. The lowest BCUT2D eigenvalue weighted by Crippen LogP contribution is -2.38. The Morgan fingerprint density at radius 1 is 1.47 bits per heavy atom. The summed E-state index contributed by atoms with van der Waals surface area (Å²) in [6.07, 6.45) is 2.02. The van der Waals surface area contributed by atoms with Gasteiger partial charge >= 0.3 is 0 Å². The van der Waals surface area contributed by atoms with E-state index >= 15 is 0 Å². The van der Waals surface area contributed by atoms with Crippen molar-refractivity contribution in [3.8, 4) is 0 Å². The Kier molecular flexibility index (Phi) is 7.39. The van der Waals surface area contributed by atoms with Gasteiger partial charge < -0.3 is 10.5 Å². The highest BCUT2D eigenvalue weighted by atomic mass is 16.5. The molecule has 0 spiro atoms. The molecule has 0 aliphatic heterocycles. The summed E-state index contributed by atoms with van der Waals surface area (Å²) in [6.45, 7) is 11.3. The second kappa shape index (κ2) is 7.67. The molecule has 0 fully saturated rings. The van der Waals surface area contributed by atoms with Gasteiger partial charge in [-0.25, -0.2) is 0 Å². The van der Waals surface area contributed by atoms with Crippen molar-refractivity contribution in [2.24, 2.45) is 11.1 Å². The van der Waals surface area contributed by atoms with Crippen LogP contribution in [0.4, 0.5) is 0 Å². The van der Waals surface area contributed by atoms with Crippen LogP contribution in [-0.2, 0) is 4.74 Å². The number of amidine groups is 1. The minimum Gasteiger partial charge on any atom is -0.387 e. The lowest BCUT2D eigenvalue weighted by Gasteiger charge is -2.29. The fraction of sp³-hybridized carbons (Fsp3) is 0.923. The van der Waals surface area contributed by atoms with Crippen molar-refractivity contribution in [1.29, 1.82) is 5.41 Å². The summed E-state index contributed by atoms with van der Waals surface area (Å²) in [5, 5.41) is 7.52. The second-order valence-electron chi connectivity index (χ2n) is 5.33. The monoisotopic (exact) mass is 243 g/mol. The van der Waals surface area contributed by atoms with E-state index in [2.05, 4.69) is 18.7 Å². The Morgan fingerprint density at radius 3 is 2.47 bits per heavy atom. The molecule has 102 valence electrons. The number of likely N-dealkylation sites (N-methyl/N-ethyl adjacent to an activating group) is 1. The number of nitrogens with zero attached hydrogens (tertiary/aromatic N) is 1. The predicted molar refractivity (Wildman–Crippen MR) is 73.5 cm³/mol. The van der Waals surface area contributed by atoms with Gasteiger partial charge in [0.15, 0.2) is 0 Å². The summed E-state index contributed by atoms with van der Waals surface area (Å²) in [5.74, 6) is 0.283. The third-order valence-electron chi connectivity index (χ3n) is 3.41. The van der Waals surface area contributed by atoms with Crippen LogP contribution >= 0.6 is 0 Å². The van der Waals surface area contributed by atoms with Crippen LogP contribution in [0, 0.1) is 10.8 Å². The minimum atomic E-state index is -0.177. The standard InChI is InChI=1S/C13H29N3O/c1-6-16(11(2)10-17-5)9-7-8-13(3,4)12(14)15/h11H,6-10H2,1-5H3,(H3,14,15).